The van der Waals surface area contributed by atoms with Crippen LogP contribution in [-0.4, -0.2) is 45.2 Å². The van der Waals surface area contributed by atoms with Gasteiger partial charge in [0.1, 0.15) is 0 Å². The van der Waals surface area contributed by atoms with Gasteiger partial charge >= 0.3 is 0 Å². The molecule has 1 fully saturated rings. The van der Waals surface area contributed by atoms with Crippen LogP contribution in [0, 0.1) is 0 Å². The number of hydrogen-bond donors (Lipinski definition) is 0. The highest BCUT2D eigenvalue weighted by atomic mass is 32.2. The van der Waals surface area contributed by atoms with Crippen molar-refractivity contribution in [3.8, 4) is 0 Å². The third-order valence-electron chi connectivity index (χ3n) is 3.17. The number of likely N-dealkylation sites (tertiary alicyclic amines) is 1. The van der Waals surface area contributed by atoms with Crippen molar-refractivity contribution in [2.24, 2.45) is 0 Å². The molecular formula is C12H19N3OS. The molecule has 0 saturated carbocycles. The highest BCUT2D eigenvalue weighted by Gasteiger charge is 2.28. The molecule has 1 aromatic heterocycles. The average Bonchev–Trinajstić information content (AvgIpc) is 2.97. The monoisotopic (exact) mass is 253 g/mol. The molecule has 17 heavy (non-hydrogen) atoms. The second kappa shape index (κ2) is 6.10. The maximum absolute atomic E-state index is 12.0. The summed E-state index contributed by atoms with van der Waals surface area (Å²) in [6.07, 6.45) is 8.68. The average molecular weight is 253 g/mol. The first kappa shape index (κ1) is 12.5. The Hall–Kier alpha value is -0.970. The van der Waals surface area contributed by atoms with E-state index in [1.165, 1.54) is 0 Å². The van der Waals surface area contributed by atoms with Gasteiger partial charge in [-0.15, -0.1) is 0 Å². The zero-order valence-corrected chi connectivity index (χ0v) is 11.0. The standard InChI is InChI=1S/C12H19N3OS/c1-17-9-5-12(16)15-8-2-4-11(15)10-14-7-3-6-13-14/h3,6-7,11H,2,4-5,8-10H2,1H3/t11-/m0/s1. The molecule has 2 heterocycles. The summed E-state index contributed by atoms with van der Waals surface area (Å²) in [4.78, 5) is 14.1. The van der Waals surface area contributed by atoms with Crippen LogP contribution >= 0.6 is 11.8 Å². The number of carbonyl (C=O) groups excluding carboxylic acids is 1. The summed E-state index contributed by atoms with van der Waals surface area (Å²) in [6, 6.07) is 2.26. The van der Waals surface area contributed by atoms with E-state index in [4.69, 9.17) is 0 Å². The molecule has 94 valence electrons. The Balaban J connectivity index is 1.90. The first-order chi connectivity index (χ1) is 8.31. The minimum Gasteiger partial charge on any atom is -0.338 e. The van der Waals surface area contributed by atoms with Crippen molar-refractivity contribution >= 4 is 17.7 Å². The molecule has 1 atom stereocenters. The van der Waals surface area contributed by atoms with Crippen LogP contribution in [-0.2, 0) is 11.3 Å². The van der Waals surface area contributed by atoms with E-state index in [0.717, 1.165) is 31.7 Å². The van der Waals surface area contributed by atoms with Gasteiger partial charge in [-0.3, -0.25) is 9.48 Å². The van der Waals surface area contributed by atoms with Crippen LogP contribution in [0.15, 0.2) is 18.5 Å². The molecule has 5 heteroatoms. The van der Waals surface area contributed by atoms with Crippen molar-refractivity contribution in [1.82, 2.24) is 14.7 Å². The largest absolute Gasteiger partial charge is 0.338 e. The Morgan fingerprint density at radius 2 is 2.47 bits per heavy atom. The summed E-state index contributed by atoms with van der Waals surface area (Å²) in [7, 11) is 0. The van der Waals surface area contributed by atoms with Crippen molar-refractivity contribution < 1.29 is 4.79 Å². The van der Waals surface area contributed by atoms with Gasteiger partial charge in [0, 0.05) is 31.1 Å². The number of rotatable bonds is 5. The van der Waals surface area contributed by atoms with Gasteiger partial charge < -0.3 is 4.90 Å². The van der Waals surface area contributed by atoms with Crippen molar-refractivity contribution in [2.75, 3.05) is 18.6 Å². The highest BCUT2D eigenvalue weighted by molar-refractivity contribution is 7.98. The minimum absolute atomic E-state index is 0.300. The lowest BCUT2D eigenvalue weighted by Gasteiger charge is -2.24. The Morgan fingerprint density at radius 1 is 1.59 bits per heavy atom. The van der Waals surface area contributed by atoms with E-state index in [9.17, 15) is 4.79 Å². The van der Waals surface area contributed by atoms with E-state index in [0.29, 0.717) is 18.4 Å². The van der Waals surface area contributed by atoms with Crippen LogP contribution < -0.4 is 0 Å². The Bertz CT molecular complexity index is 353. The van der Waals surface area contributed by atoms with Crippen LogP contribution in [0.2, 0.25) is 0 Å². The summed E-state index contributed by atoms with van der Waals surface area (Å²) < 4.78 is 1.92. The van der Waals surface area contributed by atoms with Crippen molar-refractivity contribution in [2.45, 2.75) is 31.8 Å². The molecule has 4 nitrogen and oxygen atoms in total. The maximum Gasteiger partial charge on any atom is 0.223 e. The van der Waals surface area contributed by atoms with Crippen LogP contribution in [0.3, 0.4) is 0 Å². The highest BCUT2D eigenvalue weighted by Crippen LogP contribution is 2.20. The zero-order chi connectivity index (χ0) is 12.1. The summed E-state index contributed by atoms with van der Waals surface area (Å²) in [5.74, 6) is 1.22. The number of nitrogens with zero attached hydrogens (tertiary/aromatic N) is 3. The third kappa shape index (κ3) is 3.25. The lowest BCUT2D eigenvalue weighted by atomic mass is 10.2. The van der Waals surface area contributed by atoms with Gasteiger partial charge in [-0.25, -0.2) is 0 Å². The third-order valence-corrected chi connectivity index (χ3v) is 3.79. The Morgan fingerprint density at radius 3 is 3.18 bits per heavy atom. The molecule has 0 aromatic carbocycles. The lowest BCUT2D eigenvalue weighted by Crippen LogP contribution is -2.38. The van der Waals surface area contributed by atoms with Gasteiger partial charge in [0.25, 0.3) is 0 Å². The van der Waals surface area contributed by atoms with E-state index in [1.54, 1.807) is 18.0 Å². The number of hydrogen-bond acceptors (Lipinski definition) is 3. The molecule has 0 bridgehead atoms. The molecule has 0 N–H and O–H groups in total. The van der Waals surface area contributed by atoms with Crippen molar-refractivity contribution in [3.05, 3.63) is 18.5 Å². The molecule has 1 saturated heterocycles. The SMILES string of the molecule is CSCCC(=O)N1CCC[C@H]1Cn1cccn1. The smallest absolute Gasteiger partial charge is 0.223 e. The fourth-order valence-electron chi connectivity index (χ4n) is 2.31. The topological polar surface area (TPSA) is 38.1 Å². The second-order valence-electron chi connectivity index (χ2n) is 4.35. The Labute approximate surface area is 106 Å². The normalized spacial score (nSPS) is 19.8. The summed E-state index contributed by atoms with van der Waals surface area (Å²) >= 11 is 1.73. The predicted octanol–water partition coefficient (Wildman–Crippen LogP) is 1.63. The van der Waals surface area contributed by atoms with Crippen LogP contribution in [0.4, 0.5) is 0 Å². The van der Waals surface area contributed by atoms with Crippen LogP contribution in [0.1, 0.15) is 19.3 Å². The number of thioether (sulfide) groups is 1. The van der Waals surface area contributed by atoms with E-state index in [-0.39, 0.29) is 0 Å². The second-order valence-corrected chi connectivity index (χ2v) is 5.34. The number of carbonyl (C=O) groups is 1. The van der Waals surface area contributed by atoms with E-state index < -0.39 is 0 Å². The molecule has 1 aliphatic rings. The fraction of sp³-hybridized carbons (Fsp3) is 0.667. The van der Waals surface area contributed by atoms with Gasteiger partial charge in [0.2, 0.25) is 5.91 Å². The molecule has 0 unspecified atom stereocenters. The minimum atomic E-state index is 0.300. The molecule has 1 aliphatic heterocycles. The Kier molecular flexibility index (Phi) is 4.48. The molecule has 0 spiro atoms. The molecule has 1 aromatic rings. The number of amides is 1. The van der Waals surface area contributed by atoms with Gasteiger partial charge in [0.05, 0.1) is 12.6 Å². The fourth-order valence-corrected chi connectivity index (χ4v) is 2.69. The number of aromatic nitrogens is 2. The summed E-state index contributed by atoms with van der Waals surface area (Å²) in [5, 5.41) is 4.21. The summed E-state index contributed by atoms with van der Waals surface area (Å²) in [6.45, 7) is 1.75. The lowest BCUT2D eigenvalue weighted by molar-refractivity contribution is -0.131. The van der Waals surface area contributed by atoms with Gasteiger partial charge in [0.15, 0.2) is 0 Å². The van der Waals surface area contributed by atoms with Crippen LogP contribution in [0.25, 0.3) is 0 Å². The first-order valence-corrected chi connectivity index (χ1v) is 7.46. The summed E-state index contributed by atoms with van der Waals surface area (Å²) in [5.41, 5.74) is 0. The molecular weight excluding hydrogens is 234 g/mol. The molecule has 0 aliphatic carbocycles. The maximum atomic E-state index is 12.0. The van der Waals surface area contributed by atoms with E-state index in [1.807, 2.05) is 28.1 Å². The molecule has 1 amide bonds. The van der Waals surface area contributed by atoms with Crippen molar-refractivity contribution in [3.63, 3.8) is 0 Å². The quantitative estimate of drug-likeness (QED) is 0.800. The molecule has 0 radical (unpaired) electrons. The van der Waals surface area contributed by atoms with Gasteiger partial charge in [-0.05, 0) is 25.2 Å². The molecule has 2 rings (SSSR count). The van der Waals surface area contributed by atoms with Crippen LogP contribution in [0.5, 0.6) is 0 Å². The zero-order valence-electron chi connectivity index (χ0n) is 10.2. The van der Waals surface area contributed by atoms with Gasteiger partial charge in [-0.1, -0.05) is 0 Å². The van der Waals surface area contributed by atoms with E-state index in [2.05, 4.69) is 5.10 Å². The van der Waals surface area contributed by atoms with E-state index >= 15 is 0 Å². The predicted molar refractivity (Wildman–Crippen MR) is 70.0 cm³/mol. The van der Waals surface area contributed by atoms with Crippen molar-refractivity contribution in [1.29, 1.82) is 0 Å². The van der Waals surface area contributed by atoms with Gasteiger partial charge in [-0.2, -0.15) is 16.9 Å². The first-order valence-electron chi connectivity index (χ1n) is 6.07.